The average Bonchev–Trinajstić information content (AvgIpc) is 2.37. The maximum absolute atomic E-state index is 12.0. The Morgan fingerprint density at radius 2 is 2.11 bits per heavy atom. The van der Waals surface area contributed by atoms with Crippen molar-refractivity contribution in [3.8, 4) is 0 Å². The average molecular weight is 324 g/mol. The van der Waals surface area contributed by atoms with Crippen LogP contribution in [0.3, 0.4) is 0 Å². The number of hydrogen-bond donors (Lipinski definition) is 3. The molecular formula is C12H13Cl3N2O2. The molecule has 0 saturated carbocycles. The molecule has 2 rings (SSSR count). The van der Waals surface area contributed by atoms with Gasteiger partial charge in [0.15, 0.2) is 6.23 Å². The van der Waals surface area contributed by atoms with Gasteiger partial charge in [0.2, 0.25) is 9.70 Å². The van der Waals surface area contributed by atoms with E-state index < -0.39 is 10.0 Å². The predicted molar refractivity (Wildman–Crippen MR) is 76.6 cm³/mol. The van der Waals surface area contributed by atoms with Crippen LogP contribution in [0.4, 0.5) is 5.69 Å². The largest absolute Gasteiger partial charge is 0.384 e. The van der Waals surface area contributed by atoms with Crippen LogP contribution >= 0.6 is 34.8 Å². The normalized spacial score (nSPS) is 20.1. The highest BCUT2D eigenvalue weighted by atomic mass is 35.6. The summed E-state index contributed by atoms with van der Waals surface area (Å²) in [6.07, 6.45) is -0.941. The van der Waals surface area contributed by atoms with E-state index in [1.165, 1.54) is 0 Å². The molecule has 2 atom stereocenters. The van der Waals surface area contributed by atoms with Gasteiger partial charge in [-0.05, 0) is 18.1 Å². The molecule has 1 aliphatic heterocycles. The van der Waals surface area contributed by atoms with Crippen molar-refractivity contribution in [1.82, 2.24) is 5.32 Å². The SMILES string of the molecule is O=C(NC(O)C(Cl)(Cl)Cl)C1CNc2ccccc2C1. The maximum atomic E-state index is 12.0. The van der Waals surface area contributed by atoms with E-state index in [9.17, 15) is 9.90 Å². The van der Waals surface area contributed by atoms with Crippen LogP contribution in [0, 0.1) is 5.92 Å². The summed E-state index contributed by atoms with van der Waals surface area (Å²) in [5, 5.41) is 15.0. The molecule has 0 aromatic heterocycles. The smallest absolute Gasteiger partial charge is 0.234 e. The molecule has 4 nitrogen and oxygen atoms in total. The number of benzene rings is 1. The highest BCUT2D eigenvalue weighted by Crippen LogP contribution is 2.29. The van der Waals surface area contributed by atoms with Gasteiger partial charge in [0, 0.05) is 12.2 Å². The van der Waals surface area contributed by atoms with Crippen molar-refractivity contribution in [2.45, 2.75) is 16.4 Å². The molecule has 0 saturated heterocycles. The third-order valence-electron chi connectivity index (χ3n) is 2.98. The molecule has 0 bridgehead atoms. The Hall–Kier alpha value is -0.680. The Labute approximate surface area is 126 Å². The van der Waals surface area contributed by atoms with Crippen molar-refractivity contribution in [1.29, 1.82) is 0 Å². The van der Waals surface area contributed by atoms with Crippen LogP contribution in [-0.4, -0.2) is 27.6 Å². The summed E-state index contributed by atoms with van der Waals surface area (Å²) in [6, 6.07) is 7.75. The number of halogens is 3. The van der Waals surface area contributed by atoms with Crippen LogP contribution in [0.1, 0.15) is 5.56 Å². The molecule has 1 aliphatic rings. The van der Waals surface area contributed by atoms with Gasteiger partial charge in [-0.1, -0.05) is 53.0 Å². The van der Waals surface area contributed by atoms with E-state index in [0.29, 0.717) is 13.0 Å². The number of anilines is 1. The molecule has 0 aliphatic carbocycles. The van der Waals surface area contributed by atoms with Crippen molar-refractivity contribution in [2.75, 3.05) is 11.9 Å². The molecular weight excluding hydrogens is 311 g/mol. The first-order valence-electron chi connectivity index (χ1n) is 5.75. The molecule has 0 radical (unpaired) electrons. The molecule has 104 valence electrons. The zero-order chi connectivity index (χ0) is 14.0. The third-order valence-corrected chi connectivity index (χ3v) is 3.60. The zero-order valence-corrected chi connectivity index (χ0v) is 12.1. The molecule has 0 fully saturated rings. The minimum Gasteiger partial charge on any atom is -0.384 e. The molecule has 0 spiro atoms. The van der Waals surface area contributed by atoms with E-state index in [0.717, 1.165) is 11.3 Å². The minimum absolute atomic E-state index is 0.308. The van der Waals surface area contributed by atoms with Gasteiger partial charge in [0.25, 0.3) is 0 Å². The first-order valence-corrected chi connectivity index (χ1v) is 6.88. The molecule has 1 aromatic carbocycles. The Morgan fingerprint density at radius 1 is 1.42 bits per heavy atom. The summed E-state index contributed by atoms with van der Waals surface area (Å²) in [4.78, 5) is 12.0. The number of aliphatic hydroxyl groups excluding tert-OH is 1. The quantitative estimate of drug-likeness (QED) is 0.577. The number of carbonyl (C=O) groups excluding carboxylic acids is 1. The third kappa shape index (κ3) is 3.66. The highest BCUT2D eigenvalue weighted by Gasteiger charge is 2.34. The van der Waals surface area contributed by atoms with Crippen LogP contribution < -0.4 is 10.6 Å². The number of hydrogen-bond acceptors (Lipinski definition) is 3. The highest BCUT2D eigenvalue weighted by molar-refractivity contribution is 6.68. The summed E-state index contributed by atoms with van der Waals surface area (Å²) < 4.78 is -1.93. The summed E-state index contributed by atoms with van der Waals surface area (Å²) in [7, 11) is 0. The number of fused-ring (bicyclic) bond motifs is 1. The number of rotatable bonds is 2. The van der Waals surface area contributed by atoms with E-state index in [2.05, 4.69) is 10.6 Å². The van der Waals surface area contributed by atoms with Gasteiger partial charge >= 0.3 is 0 Å². The topological polar surface area (TPSA) is 61.4 Å². The van der Waals surface area contributed by atoms with Crippen LogP contribution in [0.25, 0.3) is 0 Å². The first kappa shape index (κ1) is 14.7. The lowest BCUT2D eigenvalue weighted by Gasteiger charge is -2.27. The maximum Gasteiger partial charge on any atom is 0.234 e. The van der Waals surface area contributed by atoms with Gasteiger partial charge < -0.3 is 15.7 Å². The van der Waals surface area contributed by atoms with E-state index in [1.807, 2.05) is 24.3 Å². The number of nitrogens with one attached hydrogen (secondary N) is 2. The van der Waals surface area contributed by atoms with Crippen molar-refractivity contribution in [3.05, 3.63) is 29.8 Å². The van der Waals surface area contributed by atoms with Crippen molar-refractivity contribution in [2.24, 2.45) is 5.92 Å². The second-order valence-corrected chi connectivity index (χ2v) is 6.76. The summed E-state index contributed by atoms with van der Waals surface area (Å²) in [5.41, 5.74) is 2.07. The Bertz CT molecular complexity index is 476. The number of para-hydroxylation sites is 1. The summed E-state index contributed by atoms with van der Waals surface area (Å²) in [5.74, 6) is -0.655. The lowest BCUT2D eigenvalue weighted by atomic mass is 9.93. The fourth-order valence-electron chi connectivity index (χ4n) is 1.96. The minimum atomic E-state index is -1.93. The second-order valence-electron chi connectivity index (χ2n) is 4.39. The number of alkyl halides is 3. The van der Waals surface area contributed by atoms with Gasteiger partial charge in [-0.25, -0.2) is 0 Å². The number of carbonyl (C=O) groups is 1. The van der Waals surface area contributed by atoms with Crippen LogP contribution in [0.2, 0.25) is 0 Å². The van der Waals surface area contributed by atoms with E-state index in [4.69, 9.17) is 34.8 Å². The molecule has 1 amide bonds. The van der Waals surface area contributed by atoms with Crippen molar-refractivity contribution >= 4 is 46.4 Å². The van der Waals surface area contributed by atoms with Gasteiger partial charge in [-0.15, -0.1) is 0 Å². The fourth-order valence-corrected chi connectivity index (χ4v) is 2.13. The van der Waals surface area contributed by atoms with Gasteiger partial charge in [0.05, 0.1) is 5.92 Å². The van der Waals surface area contributed by atoms with E-state index >= 15 is 0 Å². The lowest BCUT2D eigenvalue weighted by molar-refractivity contribution is -0.127. The fraction of sp³-hybridized carbons (Fsp3) is 0.417. The number of aliphatic hydroxyl groups is 1. The molecule has 2 unspecified atom stereocenters. The molecule has 1 aromatic rings. The molecule has 1 heterocycles. The van der Waals surface area contributed by atoms with Gasteiger partial charge in [-0.3, -0.25) is 4.79 Å². The van der Waals surface area contributed by atoms with Crippen LogP contribution in [0.15, 0.2) is 24.3 Å². The Balaban J connectivity index is 1.99. The van der Waals surface area contributed by atoms with Gasteiger partial charge in [0.1, 0.15) is 0 Å². The zero-order valence-electron chi connectivity index (χ0n) is 9.87. The van der Waals surface area contributed by atoms with Gasteiger partial charge in [-0.2, -0.15) is 0 Å². The Kier molecular flexibility index (Phi) is 4.46. The van der Waals surface area contributed by atoms with Crippen molar-refractivity contribution < 1.29 is 9.90 Å². The monoisotopic (exact) mass is 322 g/mol. The first-order chi connectivity index (χ1) is 8.88. The molecule has 3 N–H and O–H groups in total. The summed E-state index contributed by atoms with van der Waals surface area (Å²) >= 11 is 16.5. The molecule has 7 heteroatoms. The predicted octanol–water partition coefficient (Wildman–Crippen LogP) is 2.08. The lowest BCUT2D eigenvalue weighted by Crippen LogP contribution is -2.48. The second kappa shape index (κ2) is 5.75. The van der Waals surface area contributed by atoms with Crippen molar-refractivity contribution in [3.63, 3.8) is 0 Å². The Morgan fingerprint density at radius 3 is 2.79 bits per heavy atom. The van der Waals surface area contributed by atoms with Crippen LogP contribution in [-0.2, 0) is 11.2 Å². The van der Waals surface area contributed by atoms with Crippen LogP contribution in [0.5, 0.6) is 0 Å². The van der Waals surface area contributed by atoms with E-state index in [-0.39, 0.29) is 11.8 Å². The number of amides is 1. The standard InChI is InChI=1S/C12H13Cl3N2O2/c13-12(14,15)11(19)17-10(18)8-5-7-3-1-2-4-9(7)16-6-8/h1-4,8,11,16,19H,5-6H2,(H,17,18). The summed E-state index contributed by atoms with van der Waals surface area (Å²) in [6.45, 7) is 0.482. The molecule has 19 heavy (non-hydrogen) atoms. The van der Waals surface area contributed by atoms with E-state index in [1.54, 1.807) is 0 Å².